The molecule has 0 atom stereocenters. The van der Waals surface area contributed by atoms with E-state index >= 15 is 0 Å². The average molecular weight is 156 g/mol. The first-order valence-electron chi connectivity index (χ1n) is 4.59. The van der Waals surface area contributed by atoms with Crippen molar-refractivity contribution in [1.82, 2.24) is 4.90 Å². The molecule has 1 radical (unpaired) electrons. The van der Waals surface area contributed by atoms with Crippen molar-refractivity contribution in [2.75, 3.05) is 26.7 Å². The molecule has 1 rings (SSSR count). The third-order valence-electron chi connectivity index (χ3n) is 2.59. The van der Waals surface area contributed by atoms with Crippen LogP contribution in [-0.2, 0) is 5.11 Å². The summed E-state index contributed by atoms with van der Waals surface area (Å²) in [6.07, 6.45) is 4.65. The lowest BCUT2D eigenvalue weighted by Gasteiger charge is -2.28. The lowest BCUT2D eigenvalue weighted by Crippen LogP contribution is -2.30. The summed E-state index contributed by atoms with van der Waals surface area (Å²) in [5, 5.41) is 10.2. The van der Waals surface area contributed by atoms with Gasteiger partial charge in [0.05, 0.1) is 6.61 Å². The summed E-state index contributed by atoms with van der Waals surface area (Å²) in [6.45, 7) is 2.57. The van der Waals surface area contributed by atoms with Crippen LogP contribution >= 0.6 is 0 Å². The van der Waals surface area contributed by atoms with E-state index in [9.17, 15) is 5.11 Å². The largest absolute Gasteiger partial charge is 0.306 e. The lowest BCUT2D eigenvalue weighted by atomic mass is 9.93. The Bertz CT molecular complexity index is 95.0. The van der Waals surface area contributed by atoms with Crippen LogP contribution in [0.4, 0.5) is 0 Å². The maximum atomic E-state index is 10.2. The smallest absolute Gasteiger partial charge is 0.0822 e. The van der Waals surface area contributed by atoms with E-state index in [1.165, 1.54) is 25.9 Å². The van der Waals surface area contributed by atoms with Gasteiger partial charge in [-0.1, -0.05) is 0 Å². The topological polar surface area (TPSA) is 23.1 Å². The molecule has 0 bridgehead atoms. The zero-order chi connectivity index (χ0) is 8.10. The molecule has 65 valence electrons. The number of likely N-dealkylation sites (tertiary alicyclic amines) is 1. The summed E-state index contributed by atoms with van der Waals surface area (Å²) >= 11 is 0. The van der Waals surface area contributed by atoms with Crippen LogP contribution in [0.5, 0.6) is 0 Å². The molecule has 0 amide bonds. The van der Waals surface area contributed by atoms with Crippen LogP contribution in [0.3, 0.4) is 0 Å². The standard InChI is InChI=1S/C9H18NO/c1-10-6-4-9(5-7-10)3-2-8-11/h9H,2-8H2,1H3. The molecule has 0 unspecified atom stereocenters. The zero-order valence-corrected chi connectivity index (χ0v) is 7.38. The normalized spacial score (nSPS) is 22.4. The monoisotopic (exact) mass is 156 g/mol. The van der Waals surface area contributed by atoms with Crippen LogP contribution in [0.25, 0.3) is 0 Å². The Hall–Kier alpha value is -0.0800. The first-order chi connectivity index (χ1) is 5.33. The number of hydrogen-bond acceptors (Lipinski definition) is 1. The molecule has 2 nitrogen and oxygen atoms in total. The summed E-state index contributed by atoms with van der Waals surface area (Å²) in [4.78, 5) is 2.37. The highest BCUT2D eigenvalue weighted by molar-refractivity contribution is 4.69. The molecule has 0 aliphatic carbocycles. The van der Waals surface area contributed by atoms with Gasteiger partial charge in [0, 0.05) is 0 Å². The second-order valence-electron chi connectivity index (χ2n) is 3.59. The Balaban J connectivity index is 2.07. The molecular weight excluding hydrogens is 138 g/mol. The van der Waals surface area contributed by atoms with Crippen molar-refractivity contribution >= 4 is 0 Å². The minimum atomic E-state index is 0.117. The van der Waals surface area contributed by atoms with E-state index in [2.05, 4.69) is 11.9 Å². The maximum Gasteiger partial charge on any atom is 0.0822 e. The van der Waals surface area contributed by atoms with Crippen molar-refractivity contribution in [3.63, 3.8) is 0 Å². The molecule has 1 saturated heterocycles. The summed E-state index contributed by atoms with van der Waals surface area (Å²) in [5.74, 6) is 0.847. The maximum absolute atomic E-state index is 10.2. The molecule has 0 saturated carbocycles. The average Bonchev–Trinajstić information content (AvgIpc) is 2.04. The first-order valence-corrected chi connectivity index (χ1v) is 4.59. The van der Waals surface area contributed by atoms with E-state index in [1.807, 2.05) is 0 Å². The molecule has 0 N–H and O–H groups in total. The van der Waals surface area contributed by atoms with Gasteiger partial charge in [0.1, 0.15) is 0 Å². The van der Waals surface area contributed by atoms with Crippen molar-refractivity contribution in [2.45, 2.75) is 25.7 Å². The molecule has 0 aromatic rings. The van der Waals surface area contributed by atoms with Gasteiger partial charge in [-0.05, 0) is 51.7 Å². The minimum absolute atomic E-state index is 0.117. The molecule has 1 fully saturated rings. The van der Waals surface area contributed by atoms with E-state index < -0.39 is 0 Å². The second-order valence-corrected chi connectivity index (χ2v) is 3.59. The summed E-state index contributed by atoms with van der Waals surface area (Å²) in [5.41, 5.74) is 0. The van der Waals surface area contributed by atoms with Gasteiger partial charge < -0.3 is 4.90 Å². The van der Waals surface area contributed by atoms with Crippen molar-refractivity contribution in [2.24, 2.45) is 5.92 Å². The van der Waals surface area contributed by atoms with Crippen LogP contribution < -0.4 is 0 Å². The number of rotatable bonds is 3. The molecule has 1 aliphatic rings. The van der Waals surface area contributed by atoms with Crippen molar-refractivity contribution in [3.05, 3.63) is 0 Å². The lowest BCUT2D eigenvalue weighted by molar-refractivity contribution is 0.162. The van der Waals surface area contributed by atoms with E-state index in [0.717, 1.165) is 18.8 Å². The third-order valence-corrected chi connectivity index (χ3v) is 2.59. The highest BCUT2D eigenvalue weighted by Gasteiger charge is 2.15. The van der Waals surface area contributed by atoms with Crippen LogP contribution in [0, 0.1) is 5.92 Å². The number of nitrogens with zero attached hydrogens (tertiary/aromatic N) is 1. The predicted octanol–water partition coefficient (Wildman–Crippen LogP) is 1.54. The van der Waals surface area contributed by atoms with Crippen LogP contribution in [0.2, 0.25) is 0 Å². The molecular formula is C9H18NO. The molecule has 0 aromatic heterocycles. The Labute approximate surface area is 69.2 Å². The third kappa shape index (κ3) is 3.21. The van der Waals surface area contributed by atoms with E-state index in [1.54, 1.807) is 0 Å². The van der Waals surface area contributed by atoms with E-state index in [4.69, 9.17) is 0 Å². The van der Waals surface area contributed by atoms with Crippen LogP contribution in [-0.4, -0.2) is 31.6 Å². The molecule has 0 aromatic carbocycles. The predicted molar refractivity (Wildman–Crippen MR) is 45.0 cm³/mol. The summed E-state index contributed by atoms with van der Waals surface area (Å²) in [7, 11) is 2.17. The molecule has 1 heterocycles. The van der Waals surface area contributed by atoms with Gasteiger partial charge in [0.2, 0.25) is 0 Å². The fourth-order valence-corrected chi connectivity index (χ4v) is 1.72. The molecule has 0 spiro atoms. The Morgan fingerprint density at radius 1 is 1.36 bits per heavy atom. The fourth-order valence-electron chi connectivity index (χ4n) is 1.72. The van der Waals surface area contributed by atoms with Crippen LogP contribution in [0.1, 0.15) is 25.7 Å². The summed E-state index contributed by atoms with van der Waals surface area (Å²) in [6, 6.07) is 0. The van der Waals surface area contributed by atoms with Gasteiger partial charge in [-0.2, -0.15) is 0 Å². The highest BCUT2D eigenvalue weighted by Crippen LogP contribution is 2.20. The molecule has 11 heavy (non-hydrogen) atoms. The van der Waals surface area contributed by atoms with E-state index in [0.29, 0.717) is 0 Å². The second kappa shape index (κ2) is 4.73. The van der Waals surface area contributed by atoms with Gasteiger partial charge in [-0.3, -0.25) is 0 Å². The van der Waals surface area contributed by atoms with Crippen LogP contribution in [0.15, 0.2) is 0 Å². The van der Waals surface area contributed by atoms with Gasteiger partial charge in [-0.15, -0.1) is 0 Å². The first kappa shape index (κ1) is 9.01. The van der Waals surface area contributed by atoms with Gasteiger partial charge in [-0.25, -0.2) is 5.11 Å². The SMILES string of the molecule is CN1CCC(CCC[O])CC1. The molecule has 1 aliphatic heterocycles. The van der Waals surface area contributed by atoms with E-state index in [-0.39, 0.29) is 6.61 Å². The van der Waals surface area contributed by atoms with Gasteiger partial charge in [0.15, 0.2) is 0 Å². The van der Waals surface area contributed by atoms with Crippen molar-refractivity contribution in [3.8, 4) is 0 Å². The zero-order valence-electron chi connectivity index (χ0n) is 7.38. The van der Waals surface area contributed by atoms with Crippen molar-refractivity contribution < 1.29 is 5.11 Å². The minimum Gasteiger partial charge on any atom is -0.306 e. The highest BCUT2D eigenvalue weighted by atomic mass is 16.2. The molecule has 2 heteroatoms. The fraction of sp³-hybridized carbons (Fsp3) is 1.00. The number of hydrogen-bond donors (Lipinski definition) is 0. The number of piperidine rings is 1. The van der Waals surface area contributed by atoms with Gasteiger partial charge in [0.25, 0.3) is 0 Å². The summed E-state index contributed by atoms with van der Waals surface area (Å²) < 4.78 is 0. The Morgan fingerprint density at radius 2 is 2.00 bits per heavy atom. The Kier molecular flexibility index (Phi) is 3.87. The van der Waals surface area contributed by atoms with Crippen molar-refractivity contribution in [1.29, 1.82) is 0 Å². The van der Waals surface area contributed by atoms with Gasteiger partial charge >= 0.3 is 0 Å². The Morgan fingerprint density at radius 3 is 2.55 bits per heavy atom. The quantitative estimate of drug-likeness (QED) is 0.608.